The lowest BCUT2D eigenvalue weighted by Crippen LogP contribution is -2.42. The zero-order valence-electron chi connectivity index (χ0n) is 12.8. The van der Waals surface area contributed by atoms with Crippen LogP contribution in [0.15, 0.2) is 36.0 Å². The molecule has 0 aromatic heterocycles. The smallest absolute Gasteiger partial charge is 0.0853 e. The molecule has 0 aliphatic carbocycles. The average Bonchev–Trinajstić information content (AvgIpc) is 2.29. The lowest BCUT2D eigenvalue weighted by molar-refractivity contribution is 0.834. The van der Waals surface area contributed by atoms with Crippen molar-refractivity contribution in [2.45, 2.75) is 58.2 Å². The van der Waals surface area contributed by atoms with Crippen LogP contribution in [0, 0.1) is 0 Å². The van der Waals surface area contributed by atoms with E-state index in [1.54, 1.807) is 0 Å². The molecular weight excluding hydrogens is 232 g/mol. The quantitative estimate of drug-likeness (QED) is 0.577. The molecule has 0 fully saturated rings. The Bertz CT molecular complexity index is 352. The van der Waals surface area contributed by atoms with Gasteiger partial charge in [-0.3, -0.25) is 0 Å². The molecular formula is C17H28Si. The molecule has 1 aromatic rings. The Hall–Kier alpha value is -0.823. The molecule has 0 aliphatic rings. The maximum atomic E-state index is 2.59. The molecule has 1 aromatic carbocycles. The molecule has 0 amide bonds. The van der Waals surface area contributed by atoms with Gasteiger partial charge in [-0.25, -0.2) is 0 Å². The van der Waals surface area contributed by atoms with Gasteiger partial charge >= 0.3 is 0 Å². The van der Waals surface area contributed by atoms with Gasteiger partial charge in [0.05, 0.1) is 8.07 Å². The predicted molar refractivity (Wildman–Crippen MR) is 86.5 cm³/mol. The molecule has 100 valence electrons. The average molecular weight is 260 g/mol. The van der Waals surface area contributed by atoms with Crippen molar-refractivity contribution in [3.05, 3.63) is 41.6 Å². The van der Waals surface area contributed by atoms with Crippen LogP contribution in [0.4, 0.5) is 0 Å². The number of hydrogen-bond acceptors (Lipinski definition) is 0. The summed E-state index contributed by atoms with van der Waals surface area (Å²) in [7, 11) is -1.39. The van der Waals surface area contributed by atoms with Crippen LogP contribution in [0.2, 0.25) is 16.6 Å². The van der Waals surface area contributed by atoms with E-state index in [9.17, 15) is 0 Å². The summed E-state index contributed by atoms with van der Waals surface area (Å²) in [5.41, 5.74) is 6.28. The fraction of sp³-hybridized carbons (Fsp3) is 0.529. The fourth-order valence-corrected chi connectivity index (χ4v) is 9.02. The SMILES string of the molecule is CC(C)[Si](/C=C/c1ccccc1)(C(C)C)C(C)C. The van der Waals surface area contributed by atoms with E-state index in [4.69, 9.17) is 0 Å². The standard InChI is InChI=1S/C17H28Si/c1-14(2)18(15(3)4,16(5)6)13-12-17-10-8-7-9-11-17/h7-16H,1-6H3/b13-12+. The molecule has 0 heterocycles. The maximum absolute atomic E-state index is 2.59. The van der Waals surface area contributed by atoms with Gasteiger partial charge in [-0.2, -0.15) is 0 Å². The van der Waals surface area contributed by atoms with Crippen LogP contribution in [0.5, 0.6) is 0 Å². The van der Waals surface area contributed by atoms with Crippen LogP contribution in [0.1, 0.15) is 47.1 Å². The molecule has 0 saturated carbocycles. The van der Waals surface area contributed by atoms with Gasteiger partial charge < -0.3 is 0 Å². The Kier molecular flexibility index (Phi) is 5.40. The largest absolute Gasteiger partial charge is 0.0929 e. The Morgan fingerprint density at radius 1 is 0.778 bits per heavy atom. The molecule has 0 nitrogen and oxygen atoms in total. The van der Waals surface area contributed by atoms with E-state index in [1.165, 1.54) is 5.56 Å². The lowest BCUT2D eigenvalue weighted by Gasteiger charge is -2.40. The maximum Gasteiger partial charge on any atom is 0.0853 e. The van der Waals surface area contributed by atoms with Crippen molar-refractivity contribution in [3.63, 3.8) is 0 Å². The fourth-order valence-electron chi connectivity index (χ4n) is 3.38. The minimum atomic E-state index is -1.39. The van der Waals surface area contributed by atoms with Crippen LogP contribution in [0.3, 0.4) is 0 Å². The molecule has 18 heavy (non-hydrogen) atoms. The van der Waals surface area contributed by atoms with Crippen LogP contribution >= 0.6 is 0 Å². The van der Waals surface area contributed by atoms with E-state index in [-0.39, 0.29) is 0 Å². The van der Waals surface area contributed by atoms with Crippen molar-refractivity contribution in [3.8, 4) is 0 Å². The van der Waals surface area contributed by atoms with Crippen molar-refractivity contribution < 1.29 is 0 Å². The van der Waals surface area contributed by atoms with Crippen LogP contribution < -0.4 is 0 Å². The summed E-state index contributed by atoms with van der Waals surface area (Å²) in [5, 5.41) is 0. The van der Waals surface area contributed by atoms with Gasteiger partial charge in [0.25, 0.3) is 0 Å². The Labute approximate surface area is 114 Å². The molecule has 0 spiro atoms. The summed E-state index contributed by atoms with van der Waals surface area (Å²) in [5.74, 6) is 0. The third-order valence-electron chi connectivity index (χ3n) is 4.36. The molecule has 0 aliphatic heterocycles. The summed E-state index contributed by atoms with van der Waals surface area (Å²) in [6.45, 7) is 14.4. The molecule has 0 N–H and O–H groups in total. The number of hydrogen-bond donors (Lipinski definition) is 0. The van der Waals surface area contributed by atoms with E-state index < -0.39 is 8.07 Å². The van der Waals surface area contributed by atoms with Crippen LogP contribution in [-0.2, 0) is 0 Å². The third-order valence-corrected chi connectivity index (χ3v) is 11.1. The second-order valence-corrected chi connectivity index (χ2v) is 12.0. The first-order valence-electron chi connectivity index (χ1n) is 7.15. The van der Waals surface area contributed by atoms with E-state index in [2.05, 4.69) is 83.6 Å². The number of benzene rings is 1. The molecule has 1 heteroatoms. The zero-order chi connectivity index (χ0) is 13.8. The van der Waals surface area contributed by atoms with Gasteiger partial charge in [0.1, 0.15) is 0 Å². The molecule has 0 atom stereocenters. The summed E-state index contributed by atoms with van der Waals surface area (Å²) >= 11 is 0. The van der Waals surface area contributed by atoms with Gasteiger partial charge in [0.2, 0.25) is 0 Å². The van der Waals surface area contributed by atoms with Crippen LogP contribution in [0.25, 0.3) is 6.08 Å². The summed E-state index contributed by atoms with van der Waals surface area (Å²) in [4.78, 5) is 0. The van der Waals surface area contributed by atoms with Gasteiger partial charge in [-0.05, 0) is 22.2 Å². The van der Waals surface area contributed by atoms with E-state index in [0.717, 1.165) is 16.6 Å². The summed E-state index contributed by atoms with van der Waals surface area (Å²) in [6.07, 6.45) is 2.35. The van der Waals surface area contributed by atoms with Crippen molar-refractivity contribution in [2.75, 3.05) is 0 Å². The highest BCUT2D eigenvalue weighted by atomic mass is 28.3. The Balaban J connectivity index is 3.09. The molecule has 0 bridgehead atoms. The highest BCUT2D eigenvalue weighted by Crippen LogP contribution is 2.42. The van der Waals surface area contributed by atoms with Crippen LogP contribution in [-0.4, -0.2) is 8.07 Å². The van der Waals surface area contributed by atoms with Crippen molar-refractivity contribution in [1.29, 1.82) is 0 Å². The van der Waals surface area contributed by atoms with E-state index in [0.29, 0.717) is 0 Å². The second kappa shape index (κ2) is 6.37. The lowest BCUT2D eigenvalue weighted by atomic mass is 10.2. The molecule has 0 radical (unpaired) electrons. The monoisotopic (exact) mass is 260 g/mol. The van der Waals surface area contributed by atoms with Crippen molar-refractivity contribution in [1.82, 2.24) is 0 Å². The molecule has 1 rings (SSSR count). The number of rotatable bonds is 5. The van der Waals surface area contributed by atoms with Gasteiger partial charge in [-0.15, -0.1) is 0 Å². The first kappa shape index (κ1) is 15.2. The van der Waals surface area contributed by atoms with Gasteiger partial charge in [0.15, 0.2) is 0 Å². The minimum Gasteiger partial charge on any atom is -0.0929 e. The Morgan fingerprint density at radius 2 is 1.22 bits per heavy atom. The zero-order valence-corrected chi connectivity index (χ0v) is 13.8. The summed E-state index contributed by atoms with van der Waals surface area (Å²) < 4.78 is 0. The van der Waals surface area contributed by atoms with E-state index in [1.807, 2.05) is 0 Å². The highest BCUT2D eigenvalue weighted by Gasteiger charge is 2.39. The van der Waals surface area contributed by atoms with Gasteiger partial charge in [0, 0.05) is 0 Å². The molecule has 0 saturated heterocycles. The second-order valence-electron chi connectivity index (χ2n) is 6.21. The Morgan fingerprint density at radius 3 is 1.61 bits per heavy atom. The predicted octanol–water partition coefficient (Wildman–Crippen LogP) is 5.92. The molecule has 0 unspecified atom stereocenters. The van der Waals surface area contributed by atoms with Crippen molar-refractivity contribution in [2.24, 2.45) is 0 Å². The van der Waals surface area contributed by atoms with Crippen molar-refractivity contribution >= 4 is 14.1 Å². The summed E-state index contributed by atoms with van der Waals surface area (Å²) in [6, 6.07) is 10.7. The minimum absolute atomic E-state index is 0.789. The first-order valence-corrected chi connectivity index (χ1v) is 9.46. The first-order chi connectivity index (χ1) is 8.41. The van der Waals surface area contributed by atoms with E-state index >= 15 is 0 Å². The highest BCUT2D eigenvalue weighted by molar-refractivity contribution is 6.88. The normalized spacial score (nSPS) is 13.2. The third kappa shape index (κ3) is 3.14. The van der Waals surface area contributed by atoms with Gasteiger partial charge in [-0.1, -0.05) is 83.6 Å². The topological polar surface area (TPSA) is 0 Å².